The summed E-state index contributed by atoms with van der Waals surface area (Å²) in [5, 5.41) is 0. The van der Waals surface area contributed by atoms with Gasteiger partial charge in [-0.25, -0.2) is 4.39 Å². The third-order valence-electron chi connectivity index (χ3n) is 3.30. The van der Waals surface area contributed by atoms with Gasteiger partial charge in [0.25, 0.3) is 0 Å². The summed E-state index contributed by atoms with van der Waals surface area (Å²) in [5.74, 6) is 0.153. The van der Waals surface area contributed by atoms with E-state index in [1.165, 1.54) is 6.07 Å². The standard InChI is InChI=1S/C15H23ClFN/c1-4-6-7-18(12(3)5-2)15-9-13(11-16)8-14(17)10-15/h8-10,12H,4-7,11H2,1-3H3. The summed E-state index contributed by atoms with van der Waals surface area (Å²) in [4.78, 5) is 2.28. The smallest absolute Gasteiger partial charge is 0.125 e. The van der Waals surface area contributed by atoms with E-state index < -0.39 is 0 Å². The molecule has 1 rings (SSSR count). The SMILES string of the molecule is CCCCN(c1cc(F)cc(CCl)c1)C(C)CC. The maximum Gasteiger partial charge on any atom is 0.125 e. The Bertz CT molecular complexity index is 368. The maximum atomic E-state index is 13.6. The van der Waals surface area contributed by atoms with Crippen LogP contribution < -0.4 is 4.90 Å². The molecule has 0 radical (unpaired) electrons. The van der Waals surface area contributed by atoms with Crippen LogP contribution in [0, 0.1) is 5.82 Å². The highest BCUT2D eigenvalue weighted by Crippen LogP contribution is 2.23. The molecule has 0 bridgehead atoms. The molecule has 0 heterocycles. The first-order valence-corrected chi connectivity index (χ1v) is 7.27. The van der Waals surface area contributed by atoms with Crippen LogP contribution in [-0.2, 0) is 5.88 Å². The number of halogens is 2. The lowest BCUT2D eigenvalue weighted by atomic mass is 10.1. The van der Waals surface area contributed by atoms with Crippen LogP contribution in [-0.4, -0.2) is 12.6 Å². The maximum absolute atomic E-state index is 13.6. The van der Waals surface area contributed by atoms with Crippen molar-refractivity contribution < 1.29 is 4.39 Å². The second-order valence-corrected chi connectivity index (χ2v) is 5.02. The van der Waals surface area contributed by atoms with E-state index in [0.29, 0.717) is 11.9 Å². The highest BCUT2D eigenvalue weighted by Gasteiger charge is 2.14. The second-order valence-electron chi connectivity index (χ2n) is 4.76. The molecule has 1 aromatic carbocycles. The molecule has 0 saturated carbocycles. The lowest BCUT2D eigenvalue weighted by Crippen LogP contribution is -2.33. The molecule has 0 amide bonds. The van der Waals surface area contributed by atoms with Crippen LogP contribution >= 0.6 is 11.6 Å². The summed E-state index contributed by atoms with van der Waals surface area (Å²) in [6.45, 7) is 7.48. The van der Waals surface area contributed by atoms with Gasteiger partial charge in [-0.3, -0.25) is 0 Å². The molecule has 18 heavy (non-hydrogen) atoms. The van der Waals surface area contributed by atoms with E-state index in [1.807, 2.05) is 6.07 Å². The normalized spacial score (nSPS) is 12.5. The average molecular weight is 272 g/mol. The molecular formula is C15H23ClFN. The summed E-state index contributed by atoms with van der Waals surface area (Å²) in [7, 11) is 0. The molecule has 0 N–H and O–H groups in total. The Kier molecular flexibility index (Phi) is 6.48. The van der Waals surface area contributed by atoms with Gasteiger partial charge in [-0.1, -0.05) is 20.3 Å². The van der Waals surface area contributed by atoms with E-state index in [1.54, 1.807) is 6.07 Å². The van der Waals surface area contributed by atoms with Crippen molar-refractivity contribution >= 4 is 17.3 Å². The van der Waals surface area contributed by atoms with Crippen LogP contribution in [0.15, 0.2) is 18.2 Å². The van der Waals surface area contributed by atoms with Gasteiger partial charge < -0.3 is 4.90 Å². The Labute approximate surface area is 115 Å². The van der Waals surface area contributed by atoms with Gasteiger partial charge in [0, 0.05) is 24.2 Å². The van der Waals surface area contributed by atoms with Gasteiger partial charge in [-0.05, 0) is 43.5 Å². The molecule has 0 aromatic heterocycles. The predicted molar refractivity (Wildman–Crippen MR) is 78.0 cm³/mol. The topological polar surface area (TPSA) is 3.24 Å². The summed E-state index contributed by atoms with van der Waals surface area (Å²) in [5.41, 5.74) is 1.80. The number of nitrogens with zero attached hydrogens (tertiary/aromatic N) is 1. The van der Waals surface area contributed by atoms with Crippen LogP contribution in [0.3, 0.4) is 0 Å². The number of rotatable bonds is 7. The number of benzene rings is 1. The zero-order chi connectivity index (χ0) is 13.5. The van der Waals surface area contributed by atoms with Gasteiger partial charge >= 0.3 is 0 Å². The first-order chi connectivity index (χ1) is 8.62. The Morgan fingerprint density at radius 2 is 2.00 bits per heavy atom. The van der Waals surface area contributed by atoms with Crippen molar-refractivity contribution in [2.45, 2.75) is 52.0 Å². The van der Waals surface area contributed by atoms with Gasteiger partial charge in [-0.15, -0.1) is 11.6 Å². The van der Waals surface area contributed by atoms with Gasteiger partial charge in [0.2, 0.25) is 0 Å². The van der Waals surface area contributed by atoms with E-state index in [0.717, 1.165) is 37.1 Å². The number of unbranched alkanes of at least 4 members (excludes halogenated alkanes) is 1. The molecule has 1 aromatic rings. The van der Waals surface area contributed by atoms with Crippen molar-refractivity contribution in [3.05, 3.63) is 29.6 Å². The monoisotopic (exact) mass is 271 g/mol. The molecule has 0 spiro atoms. The molecule has 3 heteroatoms. The van der Waals surface area contributed by atoms with E-state index in [4.69, 9.17) is 11.6 Å². The minimum absolute atomic E-state index is 0.201. The fourth-order valence-corrected chi connectivity index (χ4v) is 2.18. The quantitative estimate of drug-likeness (QED) is 0.633. The molecule has 0 aliphatic rings. The predicted octanol–water partition coefficient (Wildman–Crippen LogP) is 4.97. The van der Waals surface area contributed by atoms with Crippen LogP contribution in [0.5, 0.6) is 0 Å². The van der Waals surface area contributed by atoms with Gasteiger partial charge in [0.05, 0.1) is 0 Å². The zero-order valence-electron chi connectivity index (χ0n) is 11.5. The highest BCUT2D eigenvalue weighted by atomic mass is 35.5. The van der Waals surface area contributed by atoms with Crippen molar-refractivity contribution in [3.8, 4) is 0 Å². The fourth-order valence-electron chi connectivity index (χ4n) is 2.03. The molecule has 0 saturated heterocycles. The van der Waals surface area contributed by atoms with Crippen LogP contribution in [0.2, 0.25) is 0 Å². The van der Waals surface area contributed by atoms with E-state index in [-0.39, 0.29) is 5.82 Å². The Morgan fingerprint density at radius 3 is 2.56 bits per heavy atom. The minimum Gasteiger partial charge on any atom is -0.369 e. The Balaban J connectivity index is 2.99. The second kappa shape index (κ2) is 7.63. The first-order valence-electron chi connectivity index (χ1n) is 6.74. The molecule has 0 fully saturated rings. The molecular weight excluding hydrogens is 249 g/mol. The molecule has 102 valence electrons. The van der Waals surface area contributed by atoms with E-state index >= 15 is 0 Å². The summed E-state index contributed by atoms with van der Waals surface area (Å²) >= 11 is 5.81. The fraction of sp³-hybridized carbons (Fsp3) is 0.600. The van der Waals surface area contributed by atoms with Crippen molar-refractivity contribution in [2.75, 3.05) is 11.4 Å². The largest absolute Gasteiger partial charge is 0.369 e. The van der Waals surface area contributed by atoms with Crippen molar-refractivity contribution in [1.29, 1.82) is 0 Å². The van der Waals surface area contributed by atoms with Crippen LogP contribution in [0.25, 0.3) is 0 Å². The third-order valence-corrected chi connectivity index (χ3v) is 3.61. The third kappa shape index (κ3) is 4.16. The van der Waals surface area contributed by atoms with Crippen LogP contribution in [0.1, 0.15) is 45.6 Å². The minimum atomic E-state index is -0.201. The number of hydrogen-bond acceptors (Lipinski definition) is 1. The molecule has 0 aliphatic carbocycles. The summed E-state index contributed by atoms with van der Waals surface area (Å²) < 4.78 is 13.6. The van der Waals surface area contributed by atoms with Crippen molar-refractivity contribution in [1.82, 2.24) is 0 Å². The first kappa shape index (κ1) is 15.3. The number of anilines is 1. The van der Waals surface area contributed by atoms with Gasteiger partial charge in [0.1, 0.15) is 5.82 Å². The zero-order valence-corrected chi connectivity index (χ0v) is 12.3. The molecule has 1 unspecified atom stereocenters. The van der Waals surface area contributed by atoms with E-state index in [9.17, 15) is 4.39 Å². The Hall–Kier alpha value is -0.760. The van der Waals surface area contributed by atoms with Gasteiger partial charge in [-0.2, -0.15) is 0 Å². The molecule has 1 atom stereocenters. The Morgan fingerprint density at radius 1 is 1.28 bits per heavy atom. The van der Waals surface area contributed by atoms with Crippen molar-refractivity contribution in [3.63, 3.8) is 0 Å². The summed E-state index contributed by atoms with van der Waals surface area (Å²) in [6, 6.07) is 5.53. The van der Waals surface area contributed by atoms with Crippen LogP contribution in [0.4, 0.5) is 10.1 Å². The highest BCUT2D eigenvalue weighted by molar-refractivity contribution is 6.17. The average Bonchev–Trinajstić information content (AvgIpc) is 2.38. The number of alkyl halides is 1. The van der Waals surface area contributed by atoms with Gasteiger partial charge in [0.15, 0.2) is 0 Å². The number of hydrogen-bond donors (Lipinski definition) is 0. The molecule has 1 nitrogen and oxygen atoms in total. The van der Waals surface area contributed by atoms with Crippen molar-refractivity contribution in [2.24, 2.45) is 0 Å². The summed E-state index contributed by atoms with van der Waals surface area (Å²) in [6.07, 6.45) is 3.32. The lowest BCUT2D eigenvalue weighted by molar-refractivity contribution is 0.588. The lowest BCUT2D eigenvalue weighted by Gasteiger charge is -2.31. The van der Waals surface area contributed by atoms with E-state index in [2.05, 4.69) is 25.7 Å². The molecule has 0 aliphatic heterocycles.